The Morgan fingerprint density at radius 1 is 0.714 bits per heavy atom. The molecule has 0 fully saturated rings. The molecule has 0 aromatic carbocycles. The van der Waals surface area contributed by atoms with Gasteiger partial charge in [0.25, 0.3) is 0 Å². The smallest absolute Gasteiger partial charge is 0.550 e. The van der Waals surface area contributed by atoms with Gasteiger partial charge in [0.05, 0.1) is 0 Å². The van der Waals surface area contributed by atoms with Crippen LogP contribution < -0.4 is 44.9 Å². The summed E-state index contributed by atoms with van der Waals surface area (Å²) in [4.78, 5) is 26.7. The molecular weight excluding hydrogens is 247 g/mol. The minimum Gasteiger partial charge on any atom is -0.550 e. The van der Waals surface area contributed by atoms with Gasteiger partial charge in [-0.3, -0.25) is 0 Å². The number of carboxylic acid groups (broad SMARTS) is 3. The molecule has 0 bridgehead atoms. The first kappa shape index (κ1) is 29.2. The molecule has 0 saturated carbocycles. The van der Waals surface area contributed by atoms with E-state index in [0.29, 0.717) is 0 Å². The van der Waals surface area contributed by atoms with Gasteiger partial charge >= 0.3 is 46.6 Å². The van der Waals surface area contributed by atoms with Crippen LogP contribution >= 0.6 is 0 Å². The van der Waals surface area contributed by atoms with Gasteiger partial charge in [-0.05, 0) is 20.8 Å². The molecule has 0 aliphatic heterocycles. The van der Waals surface area contributed by atoms with Crippen LogP contribution in [0.15, 0.2) is 0 Å². The third kappa shape index (κ3) is 287000. The van der Waals surface area contributed by atoms with Crippen molar-refractivity contribution in [3.8, 4) is 0 Å². The molecule has 0 atom stereocenters. The van der Waals surface area contributed by atoms with Crippen molar-refractivity contribution < 1.29 is 76.3 Å². The molecule has 0 unspecified atom stereocenters. The van der Waals surface area contributed by atoms with Crippen molar-refractivity contribution >= 4 is 17.9 Å². The summed E-state index contributed by atoms with van der Waals surface area (Å²) in [5.41, 5.74) is 0. The molecule has 14 heavy (non-hydrogen) atoms. The molecule has 0 saturated heterocycles. The quantitative estimate of drug-likeness (QED) is 0.397. The number of carboxylic acids is 3. The van der Waals surface area contributed by atoms with E-state index in [1.54, 1.807) is 0 Å². The summed E-state index contributed by atoms with van der Waals surface area (Å²) in [6, 6.07) is 0. The third-order valence-electron chi connectivity index (χ3n) is 0. The molecule has 0 spiro atoms. The molecule has 0 N–H and O–H groups in total. The zero-order valence-corrected chi connectivity index (χ0v) is 11.4. The van der Waals surface area contributed by atoms with E-state index in [9.17, 15) is 0 Å². The van der Waals surface area contributed by atoms with E-state index in [0.717, 1.165) is 20.8 Å². The molecule has 0 heterocycles. The zero-order chi connectivity index (χ0) is 10.7. The van der Waals surface area contributed by atoms with Crippen LogP contribution in [0, 0.1) is 0 Å². The van der Waals surface area contributed by atoms with Gasteiger partial charge in [0.15, 0.2) is 0 Å². The summed E-state index contributed by atoms with van der Waals surface area (Å²) in [6.07, 6.45) is 0. The normalized spacial score (nSPS) is 5.36. The van der Waals surface area contributed by atoms with Gasteiger partial charge in [0, 0.05) is 17.9 Å². The average molecular weight is 256 g/mol. The van der Waals surface area contributed by atoms with E-state index in [1.165, 1.54) is 0 Å². The maximum Gasteiger partial charge on any atom is 2.00 e. The van der Waals surface area contributed by atoms with E-state index in [4.69, 9.17) is 29.7 Å². The molecule has 6 nitrogen and oxygen atoms in total. The second-order valence-corrected chi connectivity index (χ2v) is 1.47. The van der Waals surface area contributed by atoms with Gasteiger partial charge in [-0.25, -0.2) is 0 Å². The van der Waals surface area contributed by atoms with E-state index in [1.807, 2.05) is 0 Å². The molecule has 0 aromatic rings. The molecule has 0 radical (unpaired) electrons. The Labute approximate surface area is 114 Å². The van der Waals surface area contributed by atoms with Crippen LogP contribution in [0.1, 0.15) is 20.8 Å². The fraction of sp³-hybridized carbons (Fsp3) is 0.500. The van der Waals surface area contributed by atoms with Gasteiger partial charge in [-0.2, -0.15) is 0 Å². The second-order valence-electron chi connectivity index (χ2n) is 1.47. The first-order valence-corrected chi connectivity index (χ1v) is 2.72. The molecule has 0 aromatic heterocycles. The summed E-state index contributed by atoms with van der Waals surface area (Å²) in [6.45, 7) is 2.92. The van der Waals surface area contributed by atoms with Crippen LogP contribution in [-0.2, 0) is 31.5 Å². The first-order valence-electron chi connectivity index (χ1n) is 2.72. The van der Waals surface area contributed by atoms with Gasteiger partial charge in [-0.1, -0.05) is 0 Å². The van der Waals surface area contributed by atoms with Crippen LogP contribution in [-0.4, -0.2) is 17.9 Å². The standard InChI is InChI=1S/3C2H4O2.Fe.Na/c3*1-2(3)4;;/h3*1H3,(H,3,4);;/q;;;+2;+1/p-3. The molecule has 0 aliphatic rings. The third-order valence-corrected chi connectivity index (χ3v) is 0. The van der Waals surface area contributed by atoms with Crippen molar-refractivity contribution in [3.63, 3.8) is 0 Å². The maximum absolute atomic E-state index is 8.89. The fourth-order valence-electron chi connectivity index (χ4n) is 0. The fourth-order valence-corrected chi connectivity index (χ4v) is 0. The number of aliphatic carboxylic acids is 3. The van der Waals surface area contributed by atoms with Crippen molar-refractivity contribution in [2.45, 2.75) is 20.8 Å². The number of rotatable bonds is 0. The van der Waals surface area contributed by atoms with Crippen LogP contribution in [0.3, 0.4) is 0 Å². The van der Waals surface area contributed by atoms with Gasteiger partial charge < -0.3 is 29.7 Å². The van der Waals surface area contributed by atoms with E-state index in [-0.39, 0.29) is 46.6 Å². The van der Waals surface area contributed by atoms with Crippen molar-refractivity contribution in [2.24, 2.45) is 0 Å². The minimum atomic E-state index is -1.08. The first-order chi connectivity index (χ1) is 5.20. The van der Waals surface area contributed by atoms with Crippen molar-refractivity contribution in [2.75, 3.05) is 0 Å². The molecule has 0 amide bonds. The summed E-state index contributed by atoms with van der Waals surface area (Å²) in [7, 11) is 0. The maximum atomic E-state index is 8.89. The Balaban J connectivity index is -0.0000000270. The number of carbonyl (C=O) groups is 3. The number of hydrogen-bond donors (Lipinski definition) is 0. The van der Waals surface area contributed by atoms with E-state index >= 15 is 0 Å². The summed E-state index contributed by atoms with van der Waals surface area (Å²) in [5.74, 6) is -3.25. The van der Waals surface area contributed by atoms with Crippen LogP contribution in [0.4, 0.5) is 0 Å². The summed E-state index contributed by atoms with van der Waals surface area (Å²) in [5, 5.41) is 26.7. The number of hydrogen-bond acceptors (Lipinski definition) is 6. The average Bonchev–Trinajstić information content (AvgIpc) is 1.54. The predicted octanol–water partition coefficient (Wildman–Crippen LogP) is -6.73. The molecule has 0 rings (SSSR count). The van der Waals surface area contributed by atoms with Gasteiger partial charge in [0.1, 0.15) is 0 Å². The van der Waals surface area contributed by atoms with Crippen molar-refractivity contribution in [1.82, 2.24) is 0 Å². The predicted molar refractivity (Wildman–Crippen MR) is 32.0 cm³/mol. The summed E-state index contributed by atoms with van der Waals surface area (Å²) >= 11 is 0. The van der Waals surface area contributed by atoms with Gasteiger partial charge in [-0.15, -0.1) is 0 Å². The SMILES string of the molecule is CC(=O)[O-].CC(=O)[O-].CC(=O)[O-].[Fe+2].[Na+]. The van der Waals surface area contributed by atoms with Crippen LogP contribution in [0.5, 0.6) is 0 Å². The largest absolute Gasteiger partial charge is 2.00 e. The zero-order valence-electron chi connectivity index (χ0n) is 8.30. The molecule has 8 heteroatoms. The van der Waals surface area contributed by atoms with E-state index < -0.39 is 17.9 Å². The Kier molecular flexibility index (Phi) is 48.1. The Morgan fingerprint density at radius 3 is 0.714 bits per heavy atom. The topological polar surface area (TPSA) is 120 Å². The minimum absolute atomic E-state index is 0. The van der Waals surface area contributed by atoms with Crippen LogP contribution in [0.2, 0.25) is 0 Å². The number of carbonyl (C=O) groups excluding carboxylic acids is 3. The Morgan fingerprint density at radius 2 is 0.714 bits per heavy atom. The Hall–Kier alpha value is -0.0705. The monoisotopic (exact) mass is 256 g/mol. The second kappa shape index (κ2) is 23.1. The molecular formula is C6H9FeNaO6. The van der Waals surface area contributed by atoms with Crippen molar-refractivity contribution in [3.05, 3.63) is 0 Å². The van der Waals surface area contributed by atoms with Crippen LogP contribution in [0.25, 0.3) is 0 Å². The Bertz CT molecular complexity index is 120. The van der Waals surface area contributed by atoms with E-state index in [2.05, 4.69) is 0 Å². The molecule has 78 valence electrons. The van der Waals surface area contributed by atoms with Crippen molar-refractivity contribution in [1.29, 1.82) is 0 Å². The molecule has 0 aliphatic carbocycles. The summed E-state index contributed by atoms with van der Waals surface area (Å²) < 4.78 is 0. The van der Waals surface area contributed by atoms with Gasteiger partial charge in [0.2, 0.25) is 0 Å².